The number of nitrogens with zero attached hydrogens (tertiary/aromatic N) is 8. The van der Waals surface area contributed by atoms with Gasteiger partial charge in [0.15, 0.2) is 0 Å². The molecule has 6 aliphatic rings. The number of piperazine rings is 1. The van der Waals surface area contributed by atoms with E-state index in [-0.39, 0.29) is 29.0 Å². The summed E-state index contributed by atoms with van der Waals surface area (Å²) in [6.07, 6.45) is 11.1. The number of aromatic amines is 1. The van der Waals surface area contributed by atoms with Crippen molar-refractivity contribution in [3.63, 3.8) is 0 Å². The van der Waals surface area contributed by atoms with Gasteiger partial charge >= 0.3 is 0 Å². The number of ether oxygens (including phenoxy) is 1. The fraction of sp³-hybridized carbons (Fsp3) is 0.562. The third-order valence-electron chi connectivity index (χ3n) is 14.6. The number of nitrogens with one attached hydrogen (secondary N) is 3. The Morgan fingerprint density at radius 3 is 2.54 bits per heavy atom. The molecule has 1 unspecified atom stereocenters. The smallest absolute Gasteiger partial charge is 0.272 e. The van der Waals surface area contributed by atoms with Crippen molar-refractivity contribution < 1.29 is 18.7 Å². The van der Waals surface area contributed by atoms with Gasteiger partial charge in [-0.25, -0.2) is 14.5 Å². The Balaban J connectivity index is 0.595. The van der Waals surface area contributed by atoms with E-state index in [9.17, 15) is 18.8 Å². The molecule has 1 atom stereocenters. The van der Waals surface area contributed by atoms with E-state index in [1.807, 2.05) is 23.5 Å². The van der Waals surface area contributed by atoms with Crippen LogP contribution >= 0.6 is 11.3 Å². The highest BCUT2D eigenvalue weighted by molar-refractivity contribution is 7.11. The van der Waals surface area contributed by atoms with Crippen LogP contribution in [-0.4, -0.2) is 129 Å². The molecule has 17 heteroatoms. The Morgan fingerprint density at radius 2 is 1.71 bits per heavy atom. The average molecular weight is 906 g/mol. The predicted octanol–water partition coefficient (Wildman–Crippen LogP) is 4.68. The molecule has 3 aliphatic heterocycles. The van der Waals surface area contributed by atoms with E-state index in [1.54, 1.807) is 34.1 Å². The third kappa shape index (κ3) is 9.01. The molecule has 5 fully saturated rings. The van der Waals surface area contributed by atoms with E-state index < -0.39 is 11.7 Å². The summed E-state index contributed by atoms with van der Waals surface area (Å²) in [7, 11) is 0. The number of aryl methyl sites for hydroxylation is 2. The zero-order chi connectivity index (χ0) is 44.5. The summed E-state index contributed by atoms with van der Waals surface area (Å²) < 4.78 is 23.3. The molecule has 6 heterocycles. The number of carbonyl (C=O) groups excluding carboxylic acids is 2. The number of fused-ring (bicyclic) bond motifs is 2. The van der Waals surface area contributed by atoms with Crippen molar-refractivity contribution >= 4 is 33.9 Å². The van der Waals surface area contributed by atoms with Crippen molar-refractivity contribution in [2.75, 3.05) is 72.1 Å². The molecule has 0 radical (unpaired) electrons. The number of H-pyrrole nitrogens is 1. The van der Waals surface area contributed by atoms with Gasteiger partial charge in [0.25, 0.3) is 11.5 Å². The van der Waals surface area contributed by atoms with Crippen LogP contribution in [0.1, 0.15) is 106 Å². The van der Waals surface area contributed by atoms with E-state index in [0.717, 1.165) is 45.6 Å². The number of thiazole rings is 1. The van der Waals surface area contributed by atoms with Crippen molar-refractivity contribution in [3.8, 4) is 0 Å². The molecule has 3 aromatic heterocycles. The first-order valence-electron chi connectivity index (χ1n) is 23.6. The first-order chi connectivity index (χ1) is 31.7. The average Bonchev–Trinajstić information content (AvgIpc) is 3.97. The summed E-state index contributed by atoms with van der Waals surface area (Å²) in [6, 6.07) is 12.0. The van der Waals surface area contributed by atoms with Crippen LogP contribution < -0.4 is 16.2 Å². The van der Waals surface area contributed by atoms with Gasteiger partial charge in [-0.3, -0.25) is 19.3 Å². The molecule has 15 nitrogen and oxygen atoms in total. The van der Waals surface area contributed by atoms with Crippen molar-refractivity contribution in [3.05, 3.63) is 103 Å². The highest BCUT2D eigenvalue weighted by Gasteiger charge is 2.69. The summed E-state index contributed by atoms with van der Waals surface area (Å²) in [5, 5.41) is 25.4. The Hall–Kier alpha value is -4.94. The summed E-state index contributed by atoms with van der Waals surface area (Å²) in [5.74, 6) is 1.30. The number of rotatable bonds is 17. The highest BCUT2D eigenvalue weighted by Crippen LogP contribution is 2.73. The molecule has 3 N–H and O–H groups in total. The minimum atomic E-state index is -0.599. The lowest BCUT2D eigenvalue weighted by Gasteiger charge is -2.70. The van der Waals surface area contributed by atoms with Crippen LogP contribution in [0.2, 0.25) is 0 Å². The Labute approximate surface area is 382 Å². The summed E-state index contributed by atoms with van der Waals surface area (Å²) >= 11 is 1.89. The number of likely N-dealkylation sites (tertiary alicyclic amines) is 1. The van der Waals surface area contributed by atoms with Gasteiger partial charge in [0.2, 0.25) is 5.91 Å². The zero-order valence-electron chi connectivity index (χ0n) is 37.4. The molecule has 3 saturated carbocycles. The number of hydrogen-bond donors (Lipinski definition) is 3. The predicted molar refractivity (Wildman–Crippen MR) is 245 cm³/mol. The number of carbonyl (C=O) groups is 2. The van der Waals surface area contributed by atoms with Crippen LogP contribution in [-0.2, 0) is 40.9 Å². The van der Waals surface area contributed by atoms with Gasteiger partial charge in [-0.15, -0.1) is 21.5 Å². The maximum absolute atomic E-state index is 15.0. The maximum Gasteiger partial charge on any atom is 0.272 e. The molecular weight excluding hydrogens is 846 g/mol. The fourth-order valence-electron chi connectivity index (χ4n) is 11.4. The molecule has 2 aromatic carbocycles. The van der Waals surface area contributed by atoms with E-state index in [2.05, 4.69) is 42.3 Å². The van der Waals surface area contributed by atoms with Crippen LogP contribution in [0, 0.1) is 18.2 Å². The van der Waals surface area contributed by atoms with Crippen molar-refractivity contribution in [2.45, 2.75) is 95.7 Å². The third-order valence-corrected chi connectivity index (χ3v) is 15.5. The Kier molecular flexibility index (Phi) is 12.7. The standard InChI is InChI=1S/C48H60FN11O4S/c1-32-43(52-41(65-32)27-59-16-7-10-39(59)44-55-54-40-11-3-2-6-17-60(40)44)48-28-47(29-48,30-48)31-51-15-23-64-22-14-50-26-42(61)57-18-20-58(21-19-57)46(63)36-24-33(12-13-37(36)49)25-38-34-8-4-5-9-35(34)45(62)56-53-38/h4-5,8-9,12-13,24,39,50-51H,2-3,6-7,10-11,14-23,25-31H2,1H3,(H,56,62). The van der Waals surface area contributed by atoms with Crippen LogP contribution in [0.3, 0.4) is 0 Å². The lowest BCUT2D eigenvalue weighted by Crippen LogP contribution is -2.68. The van der Waals surface area contributed by atoms with Crippen LogP contribution in [0.15, 0.2) is 47.3 Å². The lowest BCUT2D eigenvalue weighted by atomic mass is 9.34. The molecule has 5 aromatic rings. The van der Waals surface area contributed by atoms with Gasteiger partial charge in [-0.1, -0.05) is 30.7 Å². The SMILES string of the molecule is Cc1sc(CN2CCCC2c2nnc3n2CCCCC3)nc1C12CC(CNCCOCCNCC(=O)N3CCN(C(=O)c4cc(Cc5n[nH]c(=O)c6ccccc56)ccc4F)CC3)(C1)C2. The van der Waals surface area contributed by atoms with E-state index >= 15 is 0 Å². The summed E-state index contributed by atoms with van der Waals surface area (Å²) in [4.78, 5) is 51.2. The quantitative estimate of drug-likeness (QED) is 0.111. The molecule has 65 heavy (non-hydrogen) atoms. The van der Waals surface area contributed by atoms with Crippen LogP contribution in [0.25, 0.3) is 10.8 Å². The Morgan fingerprint density at radius 1 is 0.923 bits per heavy atom. The van der Waals surface area contributed by atoms with Gasteiger partial charge in [-0.05, 0) is 87.6 Å². The maximum atomic E-state index is 15.0. The topological polar surface area (TPSA) is 166 Å². The zero-order valence-corrected chi connectivity index (χ0v) is 38.2. The molecule has 344 valence electrons. The van der Waals surface area contributed by atoms with Crippen molar-refractivity contribution in [1.82, 2.24) is 55.3 Å². The van der Waals surface area contributed by atoms with Gasteiger partial charge in [0.1, 0.15) is 22.5 Å². The van der Waals surface area contributed by atoms with Gasteiger partial charge < -0.3 is 29.7 Å². The minimum Gasteiger partial charge on any atom is -0.379 e. The molecule has 3 aliphatic carbocycles. The minimum absolute atomic E-state index is 0.0176. The summed E-state index contributed by atoms with van der Waals surface area (Å²) in [6.45, 7) is 10.4. The van der Waals surface area contributed by atoms with E-state index in [4.69, 9.17) is 14.8 Å². The Bertz CT molecular complexity index is 2580. The van der Waals surface area contributed by atoms with Gasteiger partial charge in [0.05, 0.1) is 54.7 Å². The number of benzene rings is 2. The van der Waals surface area contributed by atoms with Crippen molar-refractivity contribution in [1.29, 1.82) is 0 Å². The number of hydrogen-bond acceptors (Lipinski definition) is 12. The van der Waals surface area contributed by atoms with Gasteiger partial charge in [0, 0.05) is 80.9 Å². The first-order valence-corrected chi connectivity index (χ1v) is 24.4. The summed E-state index contributed by atoms with van der Waals surface area (Å²) in [5.41, 5.74) is 3.03. The largest absolute Gasteiger partial charge is 0.379 e. The van der Waals surface area contributed by atoms with E-state index in [0.29, 0.717) is 85.8 Å². The molecule has 2 saturated heterocycles. The van der Waals surface area contributed by atoms with Crippen molar-refractivity contribution in [2.24, 2.45) is 5.41 Å². The molecular formula is C48H60FN11O4S. The highest BCUT2D eigenvalue weighted by atomic mass is 32.1. The monoisotopic (exact) mass is 905 g/mol. The second-order valence-electron chi connectivity index (χ2n) is 19.1. The van der Waals surface area contributed by atoms with Crippen LogP contribution in [0.5, 0.6) is 0 Å². The number of aromatic nitrogens is 6. The van der Waals surface area contributed by atoms with Gasteiger partial charge in [-0.2, -0.15) is 5.10 Å². The second kappa shape index (κ2) is 18.7. The normalized spacial score (nSPS) is 23.0. The first kappa shape index (κ1) is 43.9. The van der Waals surface area contributed by atoms with E-state index in [1.165, 1.54) is 78.2 Å². The molecule has 0 spiro atoms. The van der Waals surface area contributed by atoms with Crippen LogP contribution in [0.4, 0.5) is 4.39 Å². The second-order valence-corrected chi connectivity index (χ2v) is 20.4. The fourth-order valence-corrected chi connectivity index (χ4v) is 12.5. The number of amides is 2. The molecule has 2 bridgehead atoms. The number of halogens is 1. The molecule has 11 rings (SSSR count). The lowest BCUT2D eigenvalue weighted by molar-refractivity contribution is -0.140. The molecule has 2 amide bonds.